The van der Waals surface area contributed by atoms with Crippen molar-refractivity contribution >= 4 is 16.3 Å². The van der Waals surface area contributed by atoms with Crippen molar-refractivity contribution in [3.8, 4) is 0 Å². The van der Waals surface area contributed by atoms with Crippen LogP contribution in [0.3, 0.4) is 0 Å². The first kappa shape index (κ1) is 6.58. The van der Waals surface area contributed by atoms with E-state index < -0.39 is 0 Å². The maximum atomic E-state index is 5.18. The van der Waals surface area contributed by atoms with Crippen LogP contribution >= 0.6 is 11.3 Å². The van der Waals surface area contributed by atoms with Gasteiger partial charge in [-0.1, -0.05) is 6.92 Å². The van der Waals surface area contributed by atoms with Gasteiger partial charge in [-0.2, -0.15) is 0 Å². The average Bonchev–Trinajstić information content (AvgIpc) is 2.34. The SMILES string of the molecule is CCc1ccc(NN)s1. The number of hydrogen-bond donors (Lipinski definition) is 2. The van der Waals surface area contributed by atoms with E-state index in [1.807, 2.05) is 6.07 Å². The number of nitrogens with one attached hydrogen (secondary N) is 1. The summed E-state index contributed by atoms with van der Waals surface area (Å²) in [5.74, 6) is 5.18. The Balaban J connectivity index is 2.74. The van der Waals surface area contributed by atoms with Gasteiger partial charge in [0.25, 0.3) is 0 Å². The van der Waals surface area contributed by atoms with Crippen LogP contribution in [-0.2, 0) is 6.42 Å². The summed E-state index contributed by atoms with van der Waals surface area (Å²) in [4.78, 5) is 1.36. The van der Waals surface area contributed by atoms with Crippen LogP contribution in [0.1, 0.15) is 11.8 Å². The Labute approximate surface area is 58.7 Å². The molecular weight excluding hydrogens is 132 g/mol. The summed E-state index contributed by atoms with van der Waals surface area (Å²) in [5.41, 5.74) is 2.60. The maximum absolute atomic E-state index is 5.18. The van der Waals surface area contributed by atoms with Crippen molar-refractivity contribution < 1.29 is 0 Å². The molecule has 1 rings (SSSR count). The normalized spacial score (nSPS) is 9.56. The second kappa shape index (κ2) is 2.85. The van der Waals surface area contributed by atoms with Gasteiger partial charge in [-0.3, -0.25) is 0 Å². The Kier molecular flexibility index (Phi) is 2.08. The number of nitrogen functional groups attached to an aromatic ring is 1. The van der Waals surface area contributed by atoms with E-state index in [-0.39, 0.29) is 0 Å². The number of anilines is 1. The molecule has 0 radical (unpaired) electrons. The number of hydrogen-bond acceptors (Lipinski definition) is 3. The molecule has 0 spiro atoms. The lowest BCUT2D eigenvalue weighted by Crippen LogP contribution is -2.03. The molecule has 1 heterocycles. The van der Waals surface area contributed by atoms with Crippen molar-refractivity contribution in [2.45, 2.75) is 13.3 Å². The summed E-state index contributed by atoms with van der Waals surface area (Å²) in [6, 6.07) is 4.07. The third-order valence-electron chi connectivity index (χ3n) is 1.15. The summed E-state index contributed by atoms with van der Waals surface area (Å²) in [5, 5.41) is 1.03. The van der Waals surface area contributed by atoms with Crippen molar-refractivity contribution in [3.63, 3.8) is 0 Å². The van der Waals surface area contributed by atoms with Gasteiger partial charge < -0.3 is 5.43 Å². The second-order valence-corrected chi connectivity index (χ2v) is 2.93. The molecule has 50 valence electrons. The zero-order valence-corrected chi connectivity index (χ0v) is 6.16. The van der Waals surface area contributed by atoms with Crippen LogP contribution < -0.4 is 11.3 Å². The number of rotatable bonds is 2. The minimum Gasteiger partial charge on any atom is -0.315 e. The molecule has 0 aromatic carbocycles. The second-order valence-electron chi connectivity index (χ2n) is 1.76. The minimum atomic E-state index is 1.03. The highest BCUT2D eigenvalue weighted by molar-refractivity contribution is 7.16. The van der Waals surface area contributed by atoms with Gasteiger partial charge in [-0.05, 0) is 18.6 Å². The summed E-state index contributed by atoms with van der Waals surface area (Å²) < 4.78 is 0. The maximum Gasteiger partial charge on any atom is 0.103 e. The first-order valence-electron chi connectivity index (χ1n) is 2.92. The summed E-state index contributed by atoms with van der Waals surface area (Å²) in [6.45, 7) is 2.13. The molecule has 0 saturated carbocycles. The smallest absolute Gasteiger partial charge is 0.103 e. The quantitative estimate of drug-likeness (QED) is 0.486. The predicted octanol–water partition coefficient (Wildman–Crippen LogP) is 1.60. The van der Waals surface area contributed by atoms with E-state index in [4.69, 9.17) is 5.84 Å². The summed E-state index contributed by atoms with van der Waals surface area (Å²) in [7, 11) is 0. The molecule has 0 bridgehead atoms. The highest BCUT2D eigenvalue weighted by atomic mass is 32.1. The number of nitrogens with two attached hydrogens (primary N) is 1. The van der Waals surface area contributed by atoms with E-state index in [2.05, 4.69) is 18.4 Å². The van der Waals surface area contributed by atoms with Crippen molar-refractivity contribution in [2.75, 3.05) is 5.43 Å². The number of hydrazine groups is 1. The van der Waals surface area contributed by atoms with Gasteiger partial charge in [0.1, 0.15) is 5.00 Å². The lowest BCUT2D eigenvalue weighted by molar-refractivity contribution is 1.19. The van der Waals surface area contributed by atoms with E-state index in [0.717, 1.165) is 11.4 Å². The third-order valence-corrected chi connectivity index (χ3v) is 2.31. The molecule has 9 heavy (non-hydrogen) atoms. The number of thiophene rings is 1. The molecule has 0 atom stereocenters. The Hall–Kier alpha value is -0.540. The first-order chi connectivity index (χ1) is 4.36. The first-order valence-corrected chi connectivity index (χ1v) is 3.73. The van der Waals surface area contributed by atoms with Crippen LogP contribution in [0.4, 0.5) is 5.00 Å². The molecule has 0 aliphatic carbocycles. The average molecular weight is 142 g/mol. The topological polar surface area (TPSA) is 38.0 Å². The van der Waals surface area contributed by atoms with Gasteiger partial charge in [-0.25, -0.2) is 5.84 Å². The highest BCUT2D eigenvalue weighted by Crippen LogP contribution is 2.20. The van der Waals surface area contributed by atoms with Crippen LogP contribution in [0.2, 0.25) is 0 Å². The van der Waals surface area contributed by atoms with E-state index in [1.54, 1.807) is 11.3 Å². The summed E-state index contributed by atoms with van der Waals surface area (Å²) >= 11 is 1.70. The van der Waals surface area contributed by atoms with Crippen LogP contribution in [0, 0.1) is 0 Å². The molecule has 1 aromatic heterocycles. The van der Waals surface area contributed by atoms with Gasteiger partial charge in [-0.15, -0.1) is 11.3 Å². The zero-order chi connectivity index (χ0) is 6.69. The van der Waals surface area contributed by atoms with Gasteiger partial charge in [0.2, 0.25) is 0 Å². The van der Waals surface area contributed by atoms with Crippen LogP contribution in [0.5, 0.6) is 0 Å². The molecule has 0 aliphatic rings. The fourth-order valence-corrected chi connectivity index (χ4v) is 1.40. The predicted molar refractivity (Wildman–Crippen MR) is 41.5 cm³/mol. The van der Waals surface area contributed by atoms with Crippen molar-refractivity contribution in [1.82, 2.24) is 0 Å². The van der Waals surface area contributed by atoms with E-state index >= 15 is 0 Å². The lowest BCUT2D eigenvalue weighted by atomic mass is 10.4. The molecule has 3 heteroatoms. The molecule has 1 aromatic rings. The standard InChI is InChI=1S/C6H10N2S/c1-2-5-3-4-6(8-7)9-5/h3-4,8H,2,7H2,1H3. The molecule has 0 amide bonds. The molecule has 3 N–H and O–H groups in total. The largest absolute Gasteiger partial charge is 0.315 e. The fraction of sp³-hybridized carbons (Fsp3) is 0.333. The summed E-state index contributed by atoms with van der Waals surface area (Å²) in [6.07, 6.45) is 1.09. The van der Waals surface area contributed by atoms with Crippen LogP contribution in [0.25, 0.3) is 0 Å². The van der Waals surface area contributed by atoms with E-state index in [0.29, 0.717) is 0 Å². The molecule has 0 fully saturated rings. The fourth-order valence-electron chi connectivity index (χ4n) is 0.646. The number of aryl methyl sites for hydroxylation is 1. The lowest BCUT2D eigenvalue weighted by Gasteiger charge is -1.88. The molecule has 2 nitrogen and oxygen atoms in total. The minimum absolute atomic E-state index is 1.03. The van der Waals surface area contributed by atoms with Gasteiger partial charge in [0.05, 0.1) is 0 Å². The van der Waals surface area contributed by atoms with E-state index in [1.165, 1.54) is 4.88 Å². The van der Waals surface area contributed by atoms with Gasteiger partial charge >= 0.3 is 0 Å². The Morgan fingerprint density at radius 1 is 1.67 bits per heavy atom. The highest BCUT2D eigenvalue weighted by Gasteiger charge is 1.93. The monoisotopic (exact) mass is 142 g/mol. The molecule has 0 aliphatic heterocycles. The van der Waals surface area contributed by atoms with Crippen molar-refractivity contribution in [1.29, 1.82) is 0 Å². The molecular formula is C6H10N2S. The molecule has 0 saturated heterocycles. The Bertz CT molecular complexity index is 164. The van der Waals surface area contributed by atoms with Crippen molar-refractivity contribution in [2.24, 2.45) is 5.84 Å². The zero-order valence-electron chi connectivity index (χ0n) is 5.35. The third kappa shape index (κ3) is 1.43. The Morgan fingerprint density at radius 3 is 2.78 bits per heavy atom. The van der Waals surface area contributed by atoms with Crippen LogP contribution in [0.15, 0.2) is 12.1 Å². The Morgan fingerprint density at radius 2 is 2.44 bits per heavy atom. The van der Waals surface area contributed by atoms with E-state index in [9.17, 15) is 0 Å². The van der Waals surface area contributed by atoms with Crippen molar-refractivity contribution in [3.05, 3.63) is 17.0 Å². The van der Waals surface area contributed by atoms with Crippen LogP contribution in [-0.4, -0.2) is 0 Å². The molecule has 0 unspecified atom stereocenters. The van der Waals surface area contributed by atoms with Gasteiger partial charge in [0, 0.05) is 4.88 Å². The van der Waals surface area contributed by atoms with Gasteiger partial charge in [0.15, 0.2) is 0 Å².